The molecule has 7 nitrogen and oxygen atoms in total. The summed E-state index contributed by atoms with van der Waals surface area (Å²) in [6, 6.07) is 11.7. The van der Waals surface area contributed by atoms with Crippen LogP contribution in [0.5, 0.6) is 0 Å². The Bertz CT molecular complexity index is 1040. The Labute approximate surface area is 189 Å². The Kier molecular flexibility index (Phi) is 8.77. The number of halogens is 1. The fourth-order valence-electron chi connectivity index (χ4n) is 3.39. The summed E-state index contributed by atoms with van der Waals surface area (Å²) < 4.78 is 39.4. The van der Waals surface area contributed by atoms with Gasteiger partial charge in [-0.3, -0.25) is 13.9 Å². The Hall–Kier alpha value is -2.94. The monoisotopic (exact) mass is 463 g/mol. The van der Waals surface area contributed by atoms with Gasteiger partial charge in [-0.1, -0.05) is 31.2 Å². The molecule has 2 amide bonds. The van der Waals surface area contributed by atoms with Crippen LogP contribution in [0.2, 0.25) is 0 Å². The number of nitrogens with one attached hydrogen (secondary N) is 1. The number of sulfonamides is 1. The molecule has 0 heterocycles. The molecule has 0 aliphatic heterocycles. The molecule has 0 fully saturated rings. The number of nitrogens with zero attached hydrogens (tertiary/aromatic N) is 2. The van der Waals surface area contributed by atoms with E-state index in [2.05, 4.69) is 5.32 Å². The van der Waals surface area contributed by atoms with E-state index in [-0.39, 0.29) is 12.5 Å². The van der Waals surface area contributed by atoms with Gasteiger partial charge in [0.2, 0.25) is 21.8 Å². The molecule has 0 aliphatic carbocycles. The maximum atomic E-state index is 13.4. The topological polar surface area (TPSA) is 86.8 Å². The molecule has 1 N–H and O–H groups in total. The minimum Gasteiger partial charge on any atom is -0.355 e. The van der Waals surface area contributed by atoms with Gasteiger partial charge in [-0.15, -0.1) is 0 Å². The van der Waals surface area contributed by atoms with Crippen molar-refractivity contribution < 1.29 is 22.4 Å². The molecule has 2 aromatic rings. The standard InChI is InChI=1S/C23H30FN3O4S/c1-5-21(23(29)25-6-2)26(15-18-10-12-19(24)13-11-18)22(28)16-27(32(4,30)31)20-9-7-8-17(3)14-20/h7-14,21H,5-6,15-16H2,1-4H3,(H,25,29)/t21-/m0/s1. The average molecular weight is 464 g/mol. The van der Waals surface area contributed by atoms with E-state index in [4.69, 9.17) is 0 Å². The summed E-state index contributed by atoms with van der Waals surface area (Å²) in [5.74, 6) is -1.27. The van der Waals surface area contributed by atoms with Crippen molar-refractivity contribution in [2.24, 2.45) is 0 Å². The van der Waals surface area contributed by atoms with Gasteiger partial charge >= 0.3 is 0 Å². The van der Waals surface area contributed by atoms with E-state index in [1.807, 2.05) is 13.0 Å². The van der Waals surface area contributed by atoms with Crippen molar-refractivity contribution in [1.29, 1.82) is 0 Å². The summed E-state index contributed by atoms with van der Waals surface area (Å²) in [5, 5.41) is 2.72. The highest BCUT2D eigenvalue weighted by atomic mass is 32.2. The fourth-order valence-corrected chi connectivity index (χ4v) is 4.24. The third kappa shape index (κ3) is 6.78. The smallest absolute Gasteiger partial charge is 0.244 e. The van der Waals surface area contributed by atoms with Gasteiger partial charge in [-0.05, 0) is 55.7 Å². The number of carbonyl (C=O) groups is 2. The van der Waals surface area contributed by atoms with E-state index < -0.39 is 34.3 Å². The maximum Gasteiger partial charge on any atom is 0.244 e. The number of carbonyl (C=O) groups excluding carboxylic acids is 2. The number of amides is 2. The third-order valence-corrected chi connectivity index (χ3v) is 6.11. The first kappa shape index (κ1) is 25.3. The van der Waals surface area contributed by atoms with Crippen LogP contribution in [0.3, 0.4) is 0 Å². The number of hydrogen-bond acceptors (Lipinski definition) is 4. The van der Waals surface area contributed by atoms with Gasteiger partial charge in [-0.2, -0.15) is 0 Å². The summed E-state index contributed by atoms with van der Waals surface area (Å²) in [4.78, 5) is 27.4. The SMILES string of the molecule is CCNC(=O)[C@H](CC)N(Cc1ccc(F)cc1)C(=O)CN(c1cccc(C)c1)S(C)(=O)=O. The summed E-state index contributed by atoms with van der Waals surface area (Å²) in [6.45, 7) is 5.36. The van der Waals surface area contributed by atoms with Gasteiger partial charge in [0.1, 0.15) is 18.4 Å². The molecule has 0 bridgehead atoms. The summed E-state index contributed by atoms with van der Waals surface area (Å²) in [5.41, 5.74) is 1.85. The third-order valence-electron chi connectivity index (χ3n) is 4.97. The van der Waals surface area contributed by atoms with Crippen molar-refractivity contribution in [2.45, 2.75) is 39.8 Å². The lowest BCUT2D eigenvalue weighted by molar-refractivity contribution is -0.140. The first-order chi connectivity index (χ1) is 15.1. The molecule has 1 atom stereocenters. The van der Waals surface area contributed by atoms with Gasteiger partial charge in [0, 0.05) is 13.1 Å². The molecule has 2 rings (SSSR count). The van der Waals surface area contributed by atoms with Gasteiger partial charge in [-0.25, -0.2) is 12.8 Å². The number of benzene rings is 2. The van der Waals surface area contributed by atoms with E-state index in [0.29, 0.717) is 24.2 Å². The van der Waals surface area contributed by atoms with E-state index in [9.17, 15) is 22.4 Å². The summed E-state index contributed by atoms with van der Waals surface area (Å²) >= 11 is 0. The Morgan fingerprint density at radius 3 is 2.28 bits per heavy atom. The highest BCUT2D eigenvalue weighted by Crippen LogP contribution is 2.21. The van der Waals surface area contributed by atoms with Gasteiger partial charge in [0.15, 0.2) is 0 Å². The van der Waals surface area contributed by atoms with Crippen molar-refractivity contribution in [2.75, 3.05) is 23.7 Å². The minimum absolute atomic E-state index is 0.0418. The molecule has 0 aromatic heterocycles. The van der Waals surface area contributed by atoms with Crippen molar-refractivity contribution in [3.63, 3.8) is 0 Å². The molecule has 32 heavy (non-hydrogen) atoms. The van der Waals surface area contributed by atoms with Crippen LogP contribution in [0.15, 0.2) is 48.5 Å². The molecule has 0 saturated heterocycles. The zero-order chi connectivity index (χ0) is 23.9. The van der Waals surface area contributed by atoms with Gasteiger partial charge in [0.05, 0.1) is 11.9 Å². The lowest BCUT2D eigenvalue weighted by atomic mass is 10.1. The van der Waals surface area contributed by atoms with Crippen LogP contribution in [-0.4, -0.2) is 50.5 Å². The lowest BCUT2D eigenvalue weighted by Crippen LogP contribution is -2.52. The summed E-state index contributed by atoms with van der Waals surface area (Å²) in [7, 11) is -3.77. The van der Waals surface area contributed by atoms with E-state index in [0.717, 1.165) is 16.1 Å². The number of hydrogen-bond donors (Lipinski definition) is 1. The Morgan fingerprint density at radius 1 is 1.09 bits per heavy atom. The molecule has 0 unspecified atom stereocenters. The van der Waals surface area contributed by atoms with E-state index in [1.54, 1.807) is 32.0 Å². The normalized spacial score (nSPS) is 12.2. The maximum absolute atomic E-state index is 13.4. The molecule has 0 radical (unpaired) electrons. The van der Waals surface area contributed by atoms with E-state index >= 15 is 0 Å². The quantitative estimate of drug-likeness (QED) is 0.587. The van der Waals surface area contributed by atoms with Crippen LogP contribution < -0.4 is 9.62 Å². The summed E-state index contributed by atoms with van der Waals surface area (Å²) in [6.07, 6.45) is 1.37. The van der Waals surface area contributed by atoms with Crippen LogP contribution in [0, 0.1) is 12.7 Å². The van der Waals surface area contributed by atoms with Crippen LogP contribution >= 0.6 is 0 Å². The predicted octanol–water partition coefficient (Wildman–Crippen LogP) is 2.84. The molecular weight excluding hydrogens is 433 g/mol. The van der Waals surface area contributed by atoms with Crippen molar-refractivity contribution in [1.82, 2.24) is 10.2 Å². The largest absolute Gasteiger partial charge is 0.355 e. The fraction of sp³-hybridized carbons (Fsp3) is 0.391. The molecule has 2 aromatic carbocycles. The Balaban J connectivity index is 2.42. The van der Waals surface area contributed by atoms with Gasteiger partial charge in [0.25, 0.3) is 0 Å². The van der Waals surface area contributed by atoms with Gasteiger partial charge < -0.3 is 10.2 Å². The second-order valence-corrected chi connectivity index (χ2v) is 9.48. The van der Waals surface area contributed by atoms with Crippen molar-refractivity contribution >= 4 is 27.5 Å². The molecule has 0 spiro atoms. The first-order valence-electron chi connectivity index (χ1n) is 10.4. The zero-order valence-electron chi connectivity index (χ0n) is 18.8. The van der Waals surface area contributed by atoms with Crippen LogP contribution in [0.1, 0.15) is 31.4 Å². The van der Waals surface area contributed by atoms with Crippen molar-refractivity contribution in [3.05, 3.63) is 65.5 Å². The molecule has 174 valence electrons. The van der Waals surface area contributed by atoms with E-state index in [1.165, 1.54) is 29.2 Å². The number of anilines is 1. The molecular formula is C23H30FN3O4S. The number of rotatable bonds is 10. The van der Waals surface area contributed by atoms with Crippen LogP contribution in [-0.2, 0) is 26.2 Å². The lowest BCUT2D eigenvalue weighted by Gasteiger charge is -2.32. The van der Waals surface area contributed by atoms with Crippen molar-refractivity contribution in [3.8, 4) is 0 Å². The second kappa shape index (κ2) is 11.1. The minimum atomic E-state index is -3.77. The van der Waals surface area contributed by atoms with Crippen LogP contribution in [0.4, 0.5) is 10.1 Å². The molecule has 0 aliphatic rings. The second-order valence-electron chi connectivity index (χ2n) is 7.58. The van der Waals surface area contributed by atoms with Crippen LogP contribution in [0.25, 0.3) is 0 Å². The number of aryl methyl sites for hydroxylation is 1. The predicted molar refractivity (Wildman–Crippen MR) is 123 cm³/mol. The highest BCUT2D eigenvalue weighted by Gasteiger charge is 2.31. The Morgan fingerprint density at radius 2 is 1.75 bits per heavy atom. The number of likely N-dealkylation sites (N-methyl/N-ethyl adjacent to an activating group) is 1. The first-order valence-corrected chi connectivity index (χ1v) is 12.3. The highest BCUT2D eigenvalue weighted by molar-refractivity contribution is 7.92. The zero-order valence-corrected chi connectivity index (χ0v) is 19.7. The molecule has 0 saturated carbocycles. The molecule has 9 heteroatoms. The average Bonchev–Trinajstić information content (AvgIpc) is 2.72.